The van der Waals surface area contributed by atoms with Crippen molar-refractivity contribution in [3.63, 3.8) is 0 Å². The molecule has 1 saturated heterocycles. The number of anilines is 2. The molecule has 29 heavy (non-hydrogen) atoms. The molecule has 1 aromatic heterocycles. The summed E-state index contributed by atoms with van der Waals surface area (Å²) >= 11 is 1.49. The highest BCUT2D eigenvalue weighted by Crippen LogP contribution is 2.32. The number of piperidine rings is 1. The maximum atomic E-state index is 12.4. The highest BCUT2D eigenvalue weighted by atomic mass is 32.1. The zero-order valence-electron chi connectivity index (χ0n) is 17.4. The summed E-state index contributed by atoms with van der Waals surface area (Å²) in [5, 5.41) is 2.73. The highest BCUT2D eigenvalue weighted by molar-refractivity contribution is 7.14. The minimum Gasteiger partial charge on any atom is -0.466 e. The van der Waals surface area contributed by atoms with Crippen molar-refractivity contribution >= 4 is 34.0 Å². The second kappa shape index (κ2) is 9.98. The molecule has 7 heteroatoms. The second-order valence-corrected chi connectivity index (χ2v) is 8.10. The van der Waals surface area contributed by atoms with Gasteiger partial charge in [0.25, 0.3) is 0 Å². The SMILES string of the molecule is CCOC(=O)C1CCN(Cc2csc(N(C(C)=O)c3ccccc3CC)n2)CC1. The number of para-hydroxylation sites is 1. The Kier molecular flexibility index (Phi) is 7.39. The number of benzene rings is 1. The van der Waals surface area contributed by atoms with Crippen molar-refractivity contribution in [2.75, 3.05) is 24.6 Å². The summed E-state index contributed by atoms with van der Waals surface area (Å²) < 4.78 is 5.14. The molecule has 0 aliphatic carbocycles. The normalized spacial score (nSPS) is 15.3. The Morgan fingerprint density at radius 3 is 2.62 bits per heavy atom. The van der Waals surface area contributed by atoms with Gasteiger partial charge in [-0.2, -0.15) is 0 Å². The standard InChI is InChI=1S/C22H29N3O3S/c1-4-17-8-6-7-9-20(17)25(16(3)26)22-23-19(15-29-22)14-24-12-10-18(11-13-24)21(27)28-5-2/h6-9,15,18H,4-5,10-14H2,1-3H3. The van der Waals surface area contributed by atoms with Gasteiger partial charge in [0.05, 0.1) is 23.9 Å². The van der Waals surface area contributed by atoms with E-state index in [1.807, 2.05) is 36.6 Å². The van der Waals surface area contributed by atoms with Crippen LogP contribution in [0.1, 0.15) is 44.9 Å². The van der Waals surface area contributed by atoms with Crippen LogP contribution < -0.4 is 4.90 Å². The van der Waals surface area contributed by atoms with Gasteiger partial charge in [0.2, 0.25) is 5.91 Å². The number of likely N-dealkylation sites (tertiary alicyclic amines) is 1. The summed E-state index contributed by atoms with van der Waals surface area (Å²) in [6.45, 7) is 8.38. The van der Waals surface area contributed by atoms with Gasteiger partial charge in [-0.1, -0.05) is 25.1 Å². The first-order valence-electron chi connectivity index (χ1n) is 10.3. The van der Waals surface area contributed by atoms with Crippen LogP contribution in [0.3, 0.4) is 0 Å². The number of aromatic nitrogens is 1. The van der Waals surface area contributed by atoms with Gasteiger partial charge < -0.3 is 4.74 Å². The Labute approximate surface area is 176 Å². The Hall–Kier alpha value is -2.25. The number of esters is 1. The Morgan fingerprint density at radius 1 is 1.24 bits per heavy atom. The molecule has 0 N–H and O–H groups in total. The van der Waals surface area contributed by atoms with E-state index in [4.69, 9.17) is 9.72 Å². The van der Waals surface area contributed by atoms with Gasteiger partial charge in [0.15, 0.2) is 5.13 Å². The fourth-order valence-electron chi connectivity index (χ4n) is 3.72. The summed E-state index contributed by atoms with van der Waals surface area (Å²) in [5.74, 6) is -0.104. The summed E-state index contributed by atoms with van der Waals surface area (Å²) in [7, 11) is 0. The number of rotatable bonds is 7. The molecule has 0 spiro atoms. The zero-order valence-corrected chi connectivity index (χ0v) is 18.2. The van der Waals surface area contributed by atoms with Gasteiger partial charge in [-0.3, -0.25) is 19.4 Å². The van der Waals surface area contributed by atoms with Crippen LogP contribution in [0, 0.1) is 5.92 Å². The lowest BCUT2D eigenvalue weighted by atomic mass is 9.97. The van der Waals surface area contributed by atoms with E-state index in [2.05, 4.69) is 11.8 Å². The van der Waals surface area contributed by atoms with E-state index in [0.29, 0.717) is 11.7 Å². The molecule has 156 valence electrons. The van der Waals surface area contributed by atoms with E-state index in [0.717, 1.165) is 55.8 Å². The molecule has 1 fully saturated rings. The van der Waals surface area contributed by atoms with Crippen molar-refractivity contribution in [1.29, 1.82) is 0 Å². The van der Waals surface area contributed by atoms with Crippen molar-refractivity contribution in [1.82, 2.24) is 9.88 Å². The molecule has 6 nitrogen and oxygen atoms in total. The fraction of sp³-hybridized carbons (Fsp3) is 0.500. The van der Waals surface area contributed by atoms with E-state index >= 15 is 0 Å². The molecule has 2 heterocycles. The molecule has 1 aromatic carbocycles. The first-order chi connectivity index (χ1) is 14.0. The lowest BCUT2D eigenvalue weighted by molar-refractivity contribution is -0.149. The first kappa shape index (κ1) is 21.5. The van der Waals surface area contributed by atoms with E-state index in [1.165, 1.54) is 11.3 Å². The average Bonchev–Trinajstić information content (AvgIpc) is 3.16. The van der Waals surface area contributed by atoms with Crippen molar-refractivity contribution in [2.24, 2.45) is 5.92 Å². The Bertz CT molecular complexity index is 843. The van der Waals surface area contributed by atoms with Crippen LogP contribution in [0.15, 0.2) is 29.6 Å². The van der Waals surface area contributed by atoms with Gasteiger partial charge in [-0.25, -0.2) is 4.98 Å². The minimum absolute atomic E-state index is 0.0101. The molecule has 0 radical (unpaired) electrons. The van der Waals surface area contributed by atoms with Gasteiger partial charge in [-0.05, 0) is 50.9 Å². The summed E-state index contributed by atoms with van der Waals surface area (Å²) in [4.78, 5) is 33.1. The van der Waals surface area contributed by atoms with Gasteiger partial charge >= 0.3 is 5.97 Å². The average molecular weight is 416 g/mol. The minimum atomic E-state index is -0.0743. The van der Waals surface area contributed by atoms with E-state index in [-0.39, 0.29) is 17.8 Å². The van der Waals surface area contributed by atoms with E-state index in [1.54, 1.807) is 11.8 Å². The summed E-state index contributed by atoms with van der Waals surface area (Å²) in [6.07, 6.45) is 2.49. The quantitative estimate of drug-likeness (QED) is 0.635. The van der Waals surface area contributed by atoms with Crippen molar-refractivity contribution in [3.05, 3.63) is 40.9 Å². The molecule has 2 aromatic rings. The van der Waals surface area contributed by atoms with Crippen LogP contribution in [0.2, 0.25) is 0 Å². The highest BCUT2D eigenvalue weighted by Gasteiger charge is 2.27. The summed E-state index contributed by atoms with van der Waals surface area (Å²) in [5.41, 5.74) is 2.99. The smallest absolute Gasteiger partial charge is 0.309 e. The van der Waals surface area contributed by atoms with Gasteiger partial charge in [0.1, 0.15) is 0 Å². The first-order valence-corrected chi connectivity index (χ1v) is 11.1. The van der Waals surface area contributed by atoms with Gasteiger partial charge in [-0.15, -0.1) is 11.3 Å². The monoisotopic (exact) mass is 415 g/mol. The number of carbonyl (C=O) groups excluding carboxylic acids is 2. The Balaban J connectivity index is 1.67. The predicted octanol–water partition coefficient (Wildman–Crippen LogP) is 4.17. The summed E-state index contributed by atoms with van der Waals surface area (Å²) in [6, 6.07) is 7.97. The second-order valence-electron chi connectivity index (χ2n) is 7.26. The fourth-order valence-corrected chi connectivity index (χ4v) is 4.59. The maximum absolute atomic E-state index is 12.4. The maximum Gasteiger partial charge on any atom is 0.309 e. The number of hydrogen-bond acceptors (Lipinski definition) is 6. The van der Waals surface area contributed by atoms with Crippen LogP contribution in [0.5, 0.6) is 0 Å². The third kappa shape index (κ3) is 5.22. The lowest BCUT2D eigenvalue weighted by Crippen LogP contribution is -2.36. The molecule has 3 rings (SSSR count). The molecular weight excluding hydrogens is 386 g/mol. The molecule has 0 unspecified atom stereocenters. The Morgan fingerprint density at radius 2 is 1.97 bits per heavy atom. The topological polar surface area (TPSA) is 62.7 Å². The predicted molar refractivity (Wildman–Crippen MR) is 115 cm³/mol. The lowest BCUT2D eigenvalue weighted by Gasteiger charge is -2.30. The van der Waals surface area contributed by atoms with E-state index in [9.17, 15) is 9.59 Å². The van der Waals surface area contributed by atoms with Crippen LogP contribution >= 0.6 is 11.3 Å². The largest absolute Gasteiger partial charge is 0.466 e. The van der Waals surface area contributed by atoms with Crippen molar-refractivity contribution in [3.8, 4) is 0 Å². The van der Waals surface area contributed by atoms with Crippen LogP contribution in [0.25, 0.3) is 0 Å². The molecule has 1 aliphatic heterocycles. The molecule has 0 bridgehead atoms. The van der Waals surface area contributed by atoms with Crippen molar-refractivity contribution in [2.45, 2.75) is 46.6 Å². The van der Waals surface area contributed by atoms with Crippen molar-refractivity contribution < 1.29 is 14.3 Å². The molecular formula is C22H29N3O3S. The molecule has 1 aliphatic rings. The number of thiazole rings is 1. The van der Waals surface area contributed by atoms with Gasteiger partial charge in [0, 0.05) is 18.8 Å². The number of carbonyl (C=O) groups is 2. The third-order valence-corrected chi connectivity index (χ3v) is 6.13. The number of amides is 1. The molecule has 0 atom stereocenters. The molecule has 0 saturated carbocycles. The van der Waals surface area contributed by atoms with E-state index < -0.39 is 0 Å². The zero-order chi connectivity index (χ0) is 20.8. The number of hydrogen-bond donors (Lipinski definition) is 0. The number of nitrogens with zero attached hydrogens (tertiary/aromatic N) is 3. The van der Waals surface area contributed by atoms with Crippen LogP contribution in [0.4, 0.5) is 10.8 Å². The van der Waals surface area contributed by atoms with Crippen LogP contribution in [-0.2, 0) is 27.3 Å². The number of aryl methyl sites for hydroxylation is 1. The third-order valence-electron chi connectivity index (χ3n) is 5.25. The van der Waals surface area contributed by atoms with Crippen LogP contribution in [-0.4, -0.2) is 41.5 Å². The number of ether oxygens (including phenoxy) is 1. The molecule has 1 amide bonds.